The number of sulfone groups is 1. The standard InChI is InChI=1S/C7H14N4O4S2/c1-16(12,13)4-5-17(14,15)10-3-2-7-8-6-9-11-7/h6,10H,2-5H2,1H3,(H,8,9,11). The predicted molar refractivity (Wildman–Crippen MR) is 61.6 cm³/mol. The molecule has 1 rings (SSSR count). The lowest BCUT2D eigenvalue weighted by atomic mass is 10.4. The summed E-state index contributed by atoms with van der Waals surface area (Å²) in [6.07, 6.45) is 2.70. The van der Waals surface area contributed by atoms with Crippen molar-refractivity contribution in [2.24, 2.45) is 0 Å². The van der Waals surface area contributed by atoms with Crippen molar-refractivity contribution in [3.05, 3.63) is 12.2 Å². The Morgan fingerprint density at radius 2 is 2.00 bits per heavy atom. The molecule has 0 spiro atoms. The third-order valence-electron chi connectivity index (χ3n) is 1.87. The Kier molecular flexibility index (Phi) is 4.60. The molecule has 0 fully saturated rings. The summed E-state index contributed by atoms with van der Waals surface area (Å²) in [5.41, 5.74) is 0. The van der Waals surface area contributed by atoms with Gasteiger partial charge < -0.3 is 0 Å². The number of hydrogen-bond donors (Lipinski definition) is 2. The maximum Gasteiger partial charge on any atom is 0.212 e. The molecule has 98 valence electrons. The highest BCUT2D eigenvalue weighted by Crippen LogP contribution is 1.91. The van der Waals surface area contributed by atoms with Crippen LogP contribution < -0.4 is 4.72 Å². The van der Waals surface area contributed by atoms with E-state index in [-0.39, 0.29) is 12.3 Å². The fraction of sp³-hybridized carbons (Fsp3) is 0.714. The van der Waals surface area contributed by atoms with Gasteiger partial charge >= 0.3 is 0 Å². The molecule has 8 nitrogen and oxygen atoms in total. The zero-order valence-electron chi connectivity index (χ0n) is 9.25. The normalized spacial score (nSPS) is 12.8. The number of H-pyrrole nitrogens is 1. The summed E-state index contributed by atoms with van der Waals surface area (Å²) >= 11 is 0. The first-order valence-corrected chi connectivity index (χ1v) is 8.49. The van der Waals surface area contributed by atoms with Crippen LogP contribution in [0.3, 0.4) is 0 Å². The van der Waals surface area contributed by atoms with Crippen molar-refractivity contribution < 1.29 is 16.8 Å². The van der Waals surface area contributed by atoms with Crippen LogP contribution in [0, 0.1) is 0 Å². The van der Waals surface area contributed by atoms with E-state index in [0.29, 0.717) is 12.2 Å². The van der Waals surface area contributed by atoms with Gasteiger partial charge in [-0.15, -0.1) is 0 Å². The van der Waals surface area contributed by atoms with Crippen LogP contribution in [-0.2, 0) is 26.3 Å². The quantitative estimate of drug-likeness (QED) is 0.615. The van der Waals surface area contributed by atoms with Gasteiger partial charge in [-0.2, -0.15) is 5.10 Å². The average molecular weight is 282 g/mol. The van der Waals surface area contributed by atoms with Crippen LogP contribution in [0.4, 0.5) is 0 Å². The van der Waals surface area contributed by atoms with Crippen molar-refractivity contribution in [1.29, 1.82) is 0 Å². The van der Waals surface area contributed by atoms with Crippen LogP contribution >= 0.6 is 0 Å². The zero-order chi connectivity index (χ0) is 12.9. The molecule has 1 aromatic rings. The smallest absolute Gasteiger partial charge is 0.212 e. The molecule has 0 saturated heterocycles. The average Bonchev–Trinajstić information content (AvgIpc) is 2.67. The highest BCUT2D eigenvalue weighted by atomic mass is 32.2. The Bertz CT molecular complexity index is 534. The second-order valence-electron chi connectivity index (χ2n) is 3.53. The van der Waals surface area contributed by atoms with E-state index in [2.05, 4.69) is 19.9 Å². The second kappa shape index (κ2) is 5.56. The van der Waals surface area contributed by atoms with Crippen molar-refractivity contribution in [1.82, 2.24) is 19.9 Å². The fourth-order valence-electron chi connectivity index (χ4n) is 1.01. The summed E-state index contributed by atoms with van der Waals surface area (Å²) in [5.74, 6) is -0.247. The molecular weight excluding hydrogens is 268 g/mol. The highest BCUT2D eigenvalue weighted by Gasteiger charge is 2.13. The molecule has 0 aromatic carbocycles. The van der Waals surface area contributed by atoms with E-state index in [4.69, 9.17) is 0 Å². The largest absolute Gasteiger partial charge is 0.263 e. The molecule has 0 unspecified atom stereocenters. The van der Waals surface area contributed by atoms with Gasteiger partial charge in [0, 0.05) is 19.2 Å². The van der Waals surface area contributed by atoms with Crippen LogP contribution in [0.5, 0.6) is 0 Å². The van der Waals surface area contributed by atoms with Gasteiger partial charge in [0.15, 0.2) is 0 Å². The molecule has 0 amide bonds. The third kappa shape index (κ3) is 6.34. The third-order valence-corrected chi connectivity index (χ3v) is 4.46. The summed E-state index contributed by atoms with van der Waals surface area (Å²) in [5, 5.41) is 6.20. The van der Waals surface area contributed by atoms with Gasteiger partial charge in [-0.05, 0) is 0 Å². The molecule has 0 aliphatic rings. The minimum absolute atomic E-state index is 0.154. The molecule has 0 atom stereocenters. The van der Waals surface area contributed by atoms with Crippen molar-refractivity contribution in [2.45, 2.75) is 6.42 Å². The van der Waals surface area contributed by atoms with Crippen molar-refractivity contribution >= 4 is 19.9 Å². The lowest BCUT2D eigenvalue weighted by Crippen LogP contribution is -2.31. The van der Waals surface area contributed by atoms with Crippen molar-refractivity contribution in [3.63, 3.8) is 0 Å². The topological polar surface area (TPSA) is 122 Å². The van der Waals surface area contributed by atoms with Gasteiger partial charge in [-0.25, -0.2) is 26.5 Å². The van der Waals surface area contributed by atoms with Gasteiger partial charge in [0.1, 0.15) is 22.0 Å². The van der Waals surface area contributed by atoms with Crippen molar-refractivity contribution in [3.8, 4) is 0 Å². The predicted octanol–water partition coefficient (Wildman–Crippen LogP) is -1.69. The first-order chi connectivity index (χ1) is 7.79. The van der Waals surface area contributed by atoms with Gasteiger partial charge in [-0.1, -0.05) is 0 Å². The van der Waals surface area contributed by atoms with E-state index in [1.54, 1.807) is 0 Å². The number of aromatic nitrogens is 3. The van der Waals surface area contributed by atoms with Crippen LogP contribution in [0.15, 0.2) is 6.33 Å². The Morgan fingerprint density at radius 1 is 1.29 bits per heavy atom. The van der Waals surface area contributed by atoms with Crippen LogP contribution in [-0.4, -0.2) is 56.3 Å². The molecule has 0 aliphatic heterocycles. The fourth-order valence-corrected chi connectivity index (χ4v) is 3.66. The number of nitrogens with zero attached hydrogens (tertiary/aromatic N) is 2. The second-order valence-corrected chi connectivity index (χ2v) is 7.71. The number of sulfonamides is 1. The maximum atomic E-state index is 11.4. The molecule has 0 aliphatic carbocycles. The Balaban J connectivity index is 2.35. The minimum Gasteiger partial charge on any atom is -0.263 e. The lowest BCUT2D eigenvalue weighted by molar-refractivity contribution is 0.578. The van der Waals surface area contributed by atoms with Crippen LogP contribution in [0.25, 0.3) is 0 Å². The van der Waals surface area contributed by atoms with E-state index >= 15 is 0 Å². The van der Waals surface area contributed by atoms with Gasteiger partial charge in [0.2, 0.25) is 10.0 Å². The summed E-state index contributed by atoms with van der Waals surface area (Å²) in [6.45, 7) is 0.154. The minimum atomic E-state index is -3.56. The molecule has 10 heteroatoms. The Morgan fingerprint density at radius 3 is 2.53 bits per heavy atom. The first-order valence-electron chi connectivity index (χ1n) is 4.78. The number of nitrogens with one attached hydrogen (secondary N) is 2. The molecule has 0 radical (unpaired) electrons. The first kappa shape index (κ1) is 14.1. The van der Waals surface area contributed by atoms with Crippen LogP contribution in [0.1, 0.15) is 5.82 Å². The number of aromatic amines is 1. The van der Waals surface area contributed by atoms with E-state index in [0.717, 1.165) is 6.26 Å². The Labute approximate surface area is 99.8 Å². The molecular formula is C7H14N4O4S2. The molecule has 1 aromatic heterocycles. The van der Waals surface area contributed by atoms with E-state index in [1.807, 2.05) is 0 Å². The van der Waals surface area contributed by atoms with Gasteiger partial charge in [-0.3, -0.25) is 5.10 Å². The number of rotatable bonds is 7. The molecule has 2 N–H and O–H groups in total. The summed E-state index contributed by atoms with van der Waals surface area (Å²) in [4.78, 5) is 3.82. The molecule has 0 bridgehead atoms. The lowest BCUT2D eigenvalue weighted by Gasteiger charge is -2.04. The summed E-state index contributed by atoms with van der Waals surface area (Å²) in [7, 11) is -6.83. The highest BCUT2D eigenvalue weighted by molar-refractivity contribution is 7.93. The van der Waals surface area contributed by atoms with Crippen LogP contribution in [0.2, 0.25) is 0 Å². The van der Waals surface area contributed by atoms with E-state index in [1.165, 1.54) is 6.33 Å². The molecule has 0 saturated carbocycles. The number of hydrogen-bond acceptors (Lipinski definition) is 6. The molecule has 17 heavy (non-hydrogen) atoms. The summed E-state index contributed by atoms with van der Waals surface area (Å²) in [6, 6.07) is 0. The summed E-state index contributed by atoms with van der Waals surface area (Å²) < 4.78 is 46.7. The van der Waals surface area contributed by atoms with Gasteiger partial charge in [0.05, 0.1) is 11.5 Å². The monoisotopic (exact) mass is 282 g/mol. The van der Waals surface area contributed by atoms with Crippen molar-refractivity contribution in [2.75, 3.05) is 24.3 Å². The maximum absolute atomic E-state index is 11.4. The Hall–Kier alpha value is -1.00. The van der Waals surface area contributed by atoms with Gasteiger partial charge in [0.25, 0.3) is 0 Å². The van der Waals surface area contributed by atoms with E-state index in [9.17, 15) is 16.8 Å². The SMILES string of the molecule is CS(=O)(=O)CCS(=O)(=O)NCCc1ncn[nH]1. The zero-order valence-corrected chi connectivity index (χ0v) is 10.9. The molecule has 1 heterocycles. The van der Waals surface area contributed by atoms with E-state index < -0.39 is 25.6 Å².